The van der Waals surface area contributed by atoms with E-state index in [4.69, 9.17) is 9.47 Å². The van der Waals surface area contributed by atoms with Gasteiger partial charge in [-0.05, 0) is 56.9 Å². The monoisotopic (exact) mass is 539 g/mol. The minimum absolute atomic E-state index is 0.0180. The number of aliphatic carboxylic acids is 1. The van der Waals surface area contributed by atoms with Gasteiger partial charge < -0.3 is 19.1 Å². The number of halogens is 3. The first-order chi connectivity index (χ1) is 17.2. The minimum atomic E-state index is -4.56. The summed E-state index contributed by atoms with van der Waals surface area (Å²) in [5.74, 6) is -0.739. The maximum atomic E-state index is 13.4. The number of carbonyl (C=O) groups is 1. The average molecular weight is 540 g/mol. The summed E-state index contributed by atoms with van der Waals surface area (Å²) in [6.45, 7) is 10.5. The molecule has 1 aliphatic rings. The standard InChI is InChI=1S/C26H36F3N3O4Si/c1-25(2,24(33)34)16-36-20-9-6-18(7-10-20)21-11-8-19(14-30-21)23-31-22(26(27,28)29)15-32(23)17-35-12-13-37(3,4)5/h6,8,11,14-15,20H,7,9-10,12-13,16-17H2,1-5H3,(H,33,34)/t20-/m0/s1. The SMILES string of the molecule is CC(C)(CO[C@H]1CC=C(c2ccc(-c3nc(C(F)(F)F)cn3COCC[Si](C)(C)C)cn2)CC1)C(=O)O. The first-order valence-corrected chi connectivity index (χ1v) is 16.1. The highest BCUT2D eigenvalue weighted by Gasteiger charge is 2.35. The first-order valence-electron chi connectivity index (χ1n) is 12.4. The summed E-state index contributed by atoms with van der Waals surface area (Å²) in [5, 5.41) is 9.24. The molecule has 0 aromatic carbocycles. The highest BCUT2D eigenvalue weighted by Crippen LogP contribution is 2.32. The van der Waals surface area contributed by atoms with Gasteiger partial charge in [0.1, 0.15) is 12.6 Å². The molecule has 2 heterocycles. The van der Waals surface area contributed by atoms with Crippen molar-refractivity contribution < 1.29 is 32.5 Å². The quantitative estimate of drug-likeness (QED) is 0.265. The van der Waals surface area contributed by atoms with Crippen molar-refractivity contribution in [3.05, 3.63) is 42.0 Å². The van der Waals surface area contributed by atoms with Crippen LogP contribution < -0.4 is 0 Å². The molecule has 0 bridgehead atoms. The number of alkyl halides is 3. The van der Waals surface area contributed by atoms with Crippen molar-refractivity contribution >= 4 is 19.6 Å². The lowest BCUT2D eigenvalue weighted by Crippen LogP contribution is -2.32. The van der Waals surface area contributed by atoms with Gasteiger partial charge in [0.2, 0.25) is 0 Å². The van der Waals surface area contributed by atoms with E-state index in [1.165, 1.54) is 10.8 Å². The number of allylic oxidation sites excluding steroid dienone is 1. The molecule has 37 heavy (non-hydrogen) atoms. The van der Waals surface area contributed by atoms with Gasteiger partial charge in [-0.15, -0.1) is 0 Å². The van der Waals surface area contributed by atoms with Crippen LogP contribution in [0.25, 0.3) is 17.0 Å². The molecule has 0 fully saturated rings. The van der Waals surface area contributed by atoms with Crippen molar-refractivity contribution in [1.29, 1.82) is 0 Å². The Balaban J connectivity index is 1.69. The van der Waals surface area contributed by atoms with E-state index in [1.54, 1.807) is 26.0 Å². The lowest BCUT2D eigenvalue weighted by Gasteiger charge is -2.26. The van der Waals surface area contributed by atoms with Crippen molar-refractivity contribution in [3.63, 3.8) is 0 Å². The Hall–Kier alpha value is -2.50. The Morgan fingerprint density at radius 1 is 1.24 bits per heavy atom. The zero-order valence-electron chi connectivity index (χ0n) is 22.1. The van der Waals surface area contributed by atoms with E-state index < -0.39 is 31.3 Å². The zero-order chi connectivity index (χ0) is 27.4. The highest BCUT2D eigenvalue weighted by molar-refractivity contribution is 6.76. The summed E-state index contributed by atoms with van der Waals surface area (Å²) < 4.78 is 53.0. The van der Waals surface area contributed by atoms with Gasteiger partial charge in [0.05, 0.1) is 23.8 Å². The summed E-state index contributed by atoms with van der Waals surface area (Å²) >= 11 is 0. The van der Waals surface area contributed by atoms with Gasteiger partial charge >= 0.3 is 12.1 Å². The third-order valence-corrected chi connectivity index (χ3v) is 7.97. The van der Waals surface area contributed by atoms with Crippen molar-refractivity contribution in [2.45, 2.75) is 77.8 Å². The maximum Gasteiger partial charge on any atom is 0.434 e. The van der Waals surface area contributed by atoms with Gasteiger partial charge in [-0.1, -0.05) is 25.7 Å². The highest BCUT2D eigenvalue weighted by atomic mass is 28.3. The molecule has 2 aromatic rings. The summed E-state index contributed by atoms with van der Waals surface area (Å²) in [6, 6.07) is 4.42. The first kappa shape index (κ1) is 29.1. The van der Waals surface area contributed by atoms with E-state index in [0.717, 1.165) is 29.9 Å². The molecule has 0 saturated carbocycles. The molecule has 11 heteroatoms. The largest absolute Gasteiger partial charge is 0.481 e. The number of carboxylic acid groups (broad SMARTS) is 1. The predicted molar refractivity (Wildman–Crippen MR) is 138 cm³/mol. The number of rotatable bonds is 11. The van der Waals surface area contributed by atoms with Gasteiger partial charge in [0, 0.05) is 32.6 Å². The number of aromatic nitrogens is 3. The van der Waals surface area contributed by atoms with Crippen LogP contribution in [-0.4, -0.2) is 53.0 Å². The van der Waals surface area contributed by atoms with Crippen LogP contribution in [0, 0.1) is 5.41 Å². The molecule has 0 radical (unpaired) electrons. The van der Waals surface area contributed by atoms with Crippen molar-refractivity contribution in [1.82, 2.24) is 14.5 Å². The second-order valence-electron chi connectivity index (χ2n) is 11.3. The molecule has 2 aromatic heterocycles. The van der Waals surface area contributed by atoms with E-state index in [1.807, 2.05) is 6.08 Å². The molecule has 0 unspecified atom stereocenters. The second kappa shape index (κ2) is 11.5. The Morgan fingerprint density at radius 2 is 1.97 bits per heavy atom. The lowest BCUT2D eigenvalue weighted by molar-refractivity contribution is -0.151. The Labute approximate surface area is 216 Å². The molecule has 1 aliphatic carbocycles. The van der Waals surface area contributed by atoms with Gasteiger partial charge in [-0.3, -0.25) is 9.78 Å². The molecular formula is C26H36F3N3O4Si. The molecule has 3 rings (SSSR count). The number of ether oxygens (including phenoxy) is 2. The topological polar surface area (TPSA) is 86.5 Å². The zero-order valence-corrected chi connectivity index (χ0v) is 23.1. The van der Waals surface area contributed by atoms with Gasteiger partial charge in [-0.2, -0.15) is 13.2 Å². The maximum absolute atomic E-state index is 13.4. The van der Waals surface area contributed by atoms with Crippen LogP contribution in [0.2, 0.25) is 25.7 Å². The van der Waals surface area contributed by atoms with E-state index in [0.29, 0.717) is 25.0 Å². The number of pyridine rings is 1. The fourth-order valence-corrected chi connectivity index (χ4v) is 4.48. The lowest BCUT2D eigenvalue weighted by atomic mass is 9.93. The number of hydrogen-bond acceptors (Lipinski definition) is 5. The summed E-state index contributed by atoms with van der Waals surface area (Å²) in [4.78, 5) is 19.6. The number of hydrogen-bond donors (Lipinski definition) is 1. The van der Waals surface area contributed by atoms with Crippen LogP contribution >= 0.6 is 0 Å². The van der Waals surface area contributed by atoms with Gasteiger partial charge in [0.15, 0.2) is 5.69 Å². The molecule has 0 amide bonds. The Kier molecular flexibility index (Phi) is 9.02. The van der Waals surface area contributed by atoms with E-state index in [-0.39, 0.29) is 25.3 Å². The molecule has 1 atom stereocenters. The van der Waals surface area contributed by atoms with Crippen molar-refractivity contribution in [2.75, 3.05) is 13.2 Å². The normalized spacial score (nSPS) is 17.1. The fraction of sp³-hybridized carbons (Fsp3) is 0.577. The van der Waals surface area contributed by atoms with Crippen LogP contribution in [0.4, 0.5) is 13.2 Å². The van der Waals surface area contributed by atoms with Crippen LogP contribution in [0.15, 0.2) is 30.6 Å². The van der Waals surface area contributed by atoms with Crippen LogP contribution in [-0.2, 0) is 27.2 Å². The minimum Gasteiger partial charge on any atom is -0.481 e. The summed E-state index contributed by atoms with van der Waals surface area (Å²) in [7, 11) is -1.32. The van der Waals surface area contributed by atoms with E-state index in [9.17, 15) is 23.1 Å². The number of nitrogens with zero attached hydrogens (tertiary/aromatic N) is 3. The predicted octanol–water partition coefficient (Wildman–Crippen LogP) is 6.34. The molecule has 0 spiro atoms. The van der Waals surface area contributed by atoms with Crippen LogP contribution in [0.5, 0.6) is 0 Å². The summed E-state index contributed by atoms with van der Waals surface area (Å²) in [5.41, 5.74) is 0.332. The molecular weight excluding hydrogens is 503 g/mol. The number of imidazole rings is 1. The molecule has 0 aliphatic heterocycles. The van der Waals surface area contributed by atoms with Crippen molar-refractivity contribution in [3.8, 4) is 11.4 Å². The van der Waals surface area contributed by atoms with Gasteiger partial charge in [-0.25, -0.2) is 4.98 Å². The van der Waals surface area contributed by atoms with Crippen molar-refractivity contribution in [2.24, 2.45) is 5.41 Å². The second-order valence-corrected chi connectivity index (χ2v) is 16.9. The van der Waals surface area contributed by atoms with Crippen LogP contribution in [0.3, 0.4) is 0 Å². The number of carboxylic acids is 1. The van der Waals surface area contributed by atoms with E-state index >= 15 is 0 Å². The molecule has 7 nitrogen and oxygen atoms in total. The van der Waals surface area contributed by atoms with Gasteiger partial charge in [0.25, 0.3) is 0 Å². The van der Waals surface area contributed by atoms with Crippen LogP contribution in [0.1, 0.15) is 44.5 Å². The smallest absolute Gasteiger partial charge is 0.434 e. The fourth-order valence-electron chi connectivity index (χ4n) is 3.72. The Morgan fingerprint density at radius 3 is 2.51 bits per heavy atom. The summed E-state index contributed by atoms with van der Waals surface area (Å²) in [6.07, 6.45) is 2.01. The van der Waals surface area contributed by atoms with E-state index in [2.05, 4.69) is 29.6 Å². The third kappa shape index (κ3) is 8.24. The molecule has 1 N–H and O–H groups in total. The Bertz CT molecular complexity index is 1110. The molecule has 204 valence electrons. The third-order valence-electron chi connectivity index (χ3n) is 6.27. The molecule has 0 saturated heterocycles. The average Bonchev–Trinajstić information content (AvgIpc) is 3.25.